The molecule has 3 rings (SSSR count). The van der Waals surface area contributed by atoms with E-state index < -0.39 is 0 Å². The van der Waals surface area contributed by atoms with E-state index in [0.717, 1.165) is 17.3 Å². The number of carbonyl (C=O) groups is 2. The minimum atomic E-state index is -0.304. The number of pyridine rings is 1. The van der Waals surface area contributed by atoms with E-state index in [4.69, 9.17) is 16.3 Å². The highest BCUT2D eigenvalue weighted by molar-refractivity contribution is 8.18. The van der Waals surface area contributed by atoms with Gasteiger partial charge in [0, 0.05) is 17.4 Å². The largest absolute Gasteiger partial charge is 0.492 e. The lowest BCUT2D eigenvalue weighted by Gasteiger charge is -2.13. The van der Waals surface area contributed by atoms with Gasteiger partial charge >= 0.3 is 0 Å². The van der Waals surface area contributed by atoms with Gasteiger partial charge in [-0.2, -0.15) is 0 Å². The molecule has 24 heavy (non-hydrogen) atoms. The van der Waals surface area contributed by atoms with Crippen LogP contribution < -0.4 is 4.74 Å². The molecular formula is C17H13ClN2O3S. The maximum atomic E-state index is 12.3. The first-order valence-corrected chi connectivity index (χ1v) is 8.37. The van der Waals surface area contributed by atoms with Crippen LogP contribution in [0.1, 0.15) is 5.56 Å². The summed E-state index contributed by atoms with van der Waals surface area (Å²) in [6.07, 6.45) is 4.96. The van der Waals surface area contributed by atoms with Gasteiger partial charge in [-0.25, -0.2) is 0 Å². The molecule has 0 N–H and O–H groups in total. The number of rotatable bonds is 5. The Morgan fingerprint density at radius 2 is 1.83 bits per heavy atom. The third kappa shape index (κ3) is 3.96. The topological polar surface area (TPSA) is 59.5 Å². The van der Waals surface area contributed by atoms with Gasteiger partial charge in [-0.05, 0) is 59.8 Å². The van der Waals surface area contributed by atoms with Gasteiger partial charge in [-0.1, -0.05) is 11.6 Å². The van der Waals surface area contributed by atoms with Crippen LogP contribution in [0.25, 0.3) is 6.08 Å². The number of thioether (sulfide) groups is 1. The first-order valence-electron chi connectivity index (χ1n) is 7.17. The van der Waals surface area contributed by atoms with Crippen LogP contribution in [-0.2, 0) is 4.79 Å². The van der Waals surface area contributed by atoms with E-state index >= 15 is 0 Å². The summed E-state index contributed by atoms with van der Waals surface area (Å²) in [6, 6.07) is 10.5. The van der Waals surface area contributed by atoms with E-state index in [0.29, 0.717) is 15.7 Å². The lowest BCUT2D eigenvalue weighted by molar-refractivity contribution is -0.123. The first-order chi connectivity index (χ1) is 11.6. The van der Waals surface area contributed by atoms with Crippen molar-refractivity contribution in [2.75, 3.05) is 13.2 Å². The molecule has 122 valence electrons. The Labute approximate surface area is 148 Å². The monoisotopic (exact) mass is 360 g/mol. The van der Waals surface area contributed by atoms with Gasteiger partial charge in [0.15, 0.2) is 0 Å². The number of amides is 2. The lowest BCUT2D eigenvalue weighted by Crippen LogP contribution is -2.32. The molecule has 1 fully saturated rings. The SMILES string of the molecule is O=C1S/C(=C\c2ccncc2)C(=O)N1CCOc1ccc(Cl)cc1. The second-order valence-electron chi connectivity index (χ2n) is 4.92. The molecule has 0 saturated carbocycles. The Kier molecular flexibility index (Phi) is 5.17. The number of halogens is 1. The molecule has 0 bridgehead atoms. The maximum Gasteiger partial charge on any atom is 0.293 e. The number of benzene rings is 1. The molecule has 1 aliphatic heterocycles. The quantitative estimate of drug-likeness (QED) is 0.758. The summed E-state index contributed by atoms with van der Waals surface area (Å²) in [5.41, 5.74) is 0.827. The minimum absolute atomic E-state index is 0.195. The Balaban J connectivity index is 1.60. The van der Waals surface area contributed by atoms with E-state index in [1.165, 1.54) is 4.90 Å². The number of hydrogen-bond acceptors (Lipinski definition) is 5. The van der Waals surface area contributed by atoms with Crippen molar-refractivity contribution in [1.82, 2.24) is 9.88 Å². The minimum Gasteiger partial charge on any atom is -0.492 e. The van der Waals surface area contributed by atoms with Gasteiger partial charge < -0.3 is 4.74 Å². The molecule has 0 radical (unpaired) electrons. The predicted octanol–water partition coefficient (Wildman–Crippen LogP) is 3.85. The molecule has 1 aromatic heterocycles. The van der Waals surface area contributed by atoms with Crippen molar-refractivity contribution in [3.05, 3.63) is 64.3 Å². The summed E-state index contributed by atoms with van der Waals surface area (Å²) in [5, 5.41) is 0.328. The average Bonchev–Trinajstić information content (AvgIpc) is 2.85. The summed E-state index contributed by atoms with van der Waals surface area (Å²) in [5.74, 6) is 0.334. The molecular weight excluding hydrogens is 348 g/mol. The number of hydrogen-bond donors (Lipinski definition) is 0. The van der Waals surface area contributed by atoms with E-state index in [1.54, 1.807) is 54.9 Å². The zero-order valence-corrected chi connectivity index (χ0v) is 14.1. The van der Waals surface area contributed by atoms with Crippen LogP contribution in [0, 0.1) is 0 Å². The molecule has 5 nitrogen and oxygen atoms in total. The Bertz CT molecular complexity index is 778. The Morgan fingerprint density at radius 1 is 1.12 bits per heavy atom. The predicted molar refractivity (Wildman–Crippen MR) is 93.9 cm³/mol. The second-order valence-corrected chi connectivity index (χ2v) is 6.35. The number of ether oxygens (including phenoxy) is 1. The number of aromatic nitrogens is 1. The third-order valence-corrected chi connectivity index (χ3v) is 4.43. The van der Waals surface area contributed by atoms with Crippen molar-refractivity contribution >= 4 is 40.6 Å². The molecule has 1 aliphatic rings. The molecule has 0 spiro atoms. The molecule has 7 heteroatoms. The van der Waals surface area contributed by atoms with Crippen LogP contribution >= 0.6 is 23.4 Å². The van der Waals surface area contributed by atoms with Crippen LogP contribution in [0.15, 0.2) is 53.7 Å². The highest BCUT2D eigenvalue weighted by Crippen LogP contribution is 2.31. The van der Waals surface area contributed by atoms with E-state index in [9.17, 15) is 9.59 Å². The van der Waals surface area contributed by atoms with Crippen LogP contribution in [0.3, 0.4) is 0 Å². The van der Waals surface area contributed by atoms with Crippen LogP contribution in [0.5, 0.6) is 5.75 Å². The fourth-order valence-corrected chi connectivity index (χ4v) is 3.08. The summed E-state index contributed by atoms with van der Waals surface area (Å²) in [6.45, 7) is 0.420. The van der Waals surface area contributed by atoms with Gasteiger partial charge in [-0.15, -0.1) is 0 Å². The van der Waals surface area contributed by atoms with Crippen LogP contribution in [0.2, 0.25) is 5.02 Å². The average molecular weight is 361 g/mol. The number of nitrogens with zero attached hydrogens (tertiary/aromatic N) is 2. The normalized spacial score (nSPS) is 16.0. The molecule has 2 amide bonds. The fraction of sp³-hybridized carbons (Fsp3) is 0.118. The lowest BCUT2D eigenvalue weighted by atomic mass is 10.2. The van der Waals surface area contributed by atoms with Gasteiger partial charge in [-0.3, -0.25) is 19.5 Å². The van der Waals surface area contributed by atoms with E-state index in [-0.39, 0.29) is 24.3 Å². The summed E-state index contributed by atoms with van der Waals surface area (Å²) < 4.78 is 5.53. The highest BCUT2D eigenvalue weighted by atomic mass is 35.5. The molecule has 2 aromatic rings. The first kappa shape index (κ1) is 16.5. The molecule has 2 heterocycles. The van der Waals surface area contributed by atoms with Gasteiger partial charge in [0.2, 0.25) is 0 Å². The van der Waals surface area contributed by atoms with E-state index in [1.807, 2.05) is 0 Å². The van der Waals surface area contributed by atoms with Crippen molar-refractivity contribution in [3.8, 4) is 5.75 Å². The summed E-state index contributed by atoms with van der Waals surface area (Å²) in [7, 11) is 0. The molecule has 0 unspecified atom stereocenters. The highest BCUT2D eigenvalue weighted by Gasteiger charge is 2.34. The standard InChI is InChI=1S/C17H13ClN2O3S/c18-13-1-3-14(4-2-13)23-10-9-20-16(21)15(24-17(20)22)11-12-5-7-19-8-6-12/h1-8,11H,9-10H2/b15-11-. The van der Waals surface area contributed by atoms with Crippen molar-refractivity contribution in [3.63, 3.8) is 0 Å². The summed E-state index contributed by atoms with van der Waals surface area (Å²) >= 11 is 6.73. The van der Waals surface area contributed by atoms with Crippen molar-refractivity contribution in [2.45, 2.75) is 0 Å². The number of carbonyl (C=O) groups excluding carboxylic acids is 2. The van der Waals surface area contributed by atoms with Crippen LogP contribution in [0.4, 0.5) is 4.79 Å². The third-order valence-electron chi connectivity index (χ3n) is 3.27. The molecule has 1 saturated heterocycles. The van der Waals surface area contributed by atoms with E-state index in [2.05, 4.69) is 4.98 Å². The van der Waals surface area contributed by atoms with Gasteiger partial charge in [0.25, 0.3) is 11.1 Å². The van der Waals surface area contributed by atoms with Gasteiger partial charge in [0.05, 0.1) is 11.4 Å². The van der Waals surface area contributed by atoms with Crippen molar-refractivity contribution < 1.29 is 14.3 Å². The fourth-order valence-electron chi connectivity index (χ4n) is 2.09. The smallest absolute Gasteiger partial charge is 0.293 e. The van der Waals surface area contributed by atoms with Gasteiger partial charge in [0.1, 0.15) is 12.4 Å². The summed E-state index contributed by atoms with van der Waals surface area (Å²) in [4.78, 5) is 29.9. The van der Waals surface area contributed by atoms with Crippen molar-refractivity contribution in [2.24, 2.45) is 0 Å². The molecule has 1 aromatic carbocycles. The zero-order chi connectivity index (χ0) is 16.9. The van der Waals surface area contributed by atoms with Crippen LogP contribution in [-0.4, -0.2) is 34.2 Å². The zero-order valence-electron chi connectivity index (χ0n) is 12.5. The Morgan fingerprint density at radius 3 is 2.54 bits per heavy atom. The molecule has 0 aliphatic carbocycles. The molecule has 0 atom stereocenters. The maximum absolute atomic E-state index is 12.3. The van der Waals surface area contributed by atoms with Crippen molar-refractivity contribution in [1.29, 1.82) is 0 Å². The number of imide groups is 1. The second kappa shape index (κ2) is 7.51. The Hall–Kier alpha value is -2.31.